The molecule has 1 rings (SSSR count). The van der Waals surface area contributed by atoms with E-state index in [4.69, 9.17) is 0 Å². The van der Waals surface area contributed by atoms with Crippen molar-refractivity contribution >= 4 is 12.3 Å². The Kier molecular flexibility index (Phi) is 3.79. The normalized spacial score (nSPS) is 9.50. The summed E-state index contributed by atoms with van der Waals surface area (Å²) < 4.78 is 4.56. The molecule has 1 heterocycles. The Bertz CT molecular complexity index is 336. The minimum absolute atomic E-state index is 0.389. The zero-order valence-electron chi connectivity index (χ0n) is 7.90. The van der Waals surface area contributed by atoms with E-state index in [1.165, 1.54) is 13.3 Å². The predicted octanol–water partition coefficient (Wildman–Crippen LogP) is 1.000. The van der Waals surface area contributed by atoms with Crippen LogP contribution in [0.1, 0.15) is 22.5 Å². The number of aromatic nitrogens is 1. The van der Waals surface area contributed by atoms with Crippen LogP contribution in [0.4, 0.5) is 0 Å². The summed E-state index contributed by atoms with van der Waals surface area (Å²) in [7, 11) is 1.33. The second-order valence-corrected chi connectivity index (χ2v) is 2.73. The molecule has 0 spiro atoms. The number of aryl methyl sites for hydroxylation is 1. The third kappa shape index (κ3) is 2.65. The molecule has 1 aromatic rings. The van der Waals surface area contributed by atoms with Gasteiger partial charge >= 0.3 is 5.97 Å². The number of hydrogen-bond acceptors (Lipinski definition) is 4. The predicted molar refractivity (Wildman–Crippen MR) is 50.0 cm³/mol. The van der Waals surface area contributed by atoms with Crippen molar-refractivity contribution in [3.8, 4) is 0 Å². The van der Waals surface area contributed by atoms with Crippen molar-refractivity contribution < 1.29 is 14.3 Å². The summed E-state index contributed by atoms with van der Waals surface area (Å²) in [6, 6.07) is 3.21. The number of methoxy groups -OCH3 is 1. The van der Waals surface area contributed by atoms with Crippen LogP contribution in [0.25, 0.3) is 0 Å². The molecule has 0 N–H and O–H groups in total. The molecule has 0 aliphatic heterocycles. The van der Waals surface area contributed by atoms with Crippen LogP contribution in [0.3, 0.4) is 0 Å². The van der Waals surface area contributed by atoms with Gasteiger partial charge in [0.15, 0.2) is 0 Å². The van der Waals surface area contributed by atoms with Crippen LogP contribution in [0.2, 0.25) is 0 Å². The van der Waals surface area contributed by atoms with Crippen molar-refractivity contribution in [3.63, 3.8) is 0 Å². The molecule has 0 unspecified atom stereocenters. The van der Waals surface area contributed by atoms with E-state index >= 15 is 0 Å². The van der Waals surface area contributed by atoms with Crippen molar-refractivity contribution in [2.24, 2.45) is 0 Å². The van der Waals surface area contributed by atoms with E-state index in [1.54, 1.807) is 12.1 Å². The number of nitrogens with zero attached hydrogens (tertiary/aromatic N) is 1. The number of esters is 1. The minimum Gasteiger partial charge on any atom is -0.465 e. The molecule has 4 heteroatoms. The van der Waals surface area contributed by atoms with Crippen molar-refractivity contribution in [1.82, 2.24) is 4.98 Å². The number of aldehydes is 1. The van der Waals surface area contributed by atoms with Crippen LogP contribution < -0.4 is 0 Å². The lowest BCUT2D eigenvalue weighted by atomic mass is 10.2. The molecule has 74 valence electrons. The molecule has 0 fully saturated rings. The molecule has 0 amide bonds. The highest BCUT2D eigenvalue weighted by molar-refractivity contribution is 5.89. The second kappa shape index (κ2) is 5.11. The van der Waals surface area contributed by atoms with Gasteiger partial charge in [0.05, 0.1) is 12.7 Å². The van der Waals surface area contributed by atoms with Gasteiger partial charge in [0.2, 0.25) is 0 Å². The van der Waals surface area contributed by atoms with Crippen LogP contribution in [-0.4, -0.2) is 24.3 Å². The van der Waals surface area contributed by atoms with Gasteiger partial charge in [0, 0.05) is 18.3 Å². The van der Waals surface area contributed by atoms with E-state index in [9.17, 15) is 9.59 Å². The lowest BCUT2D eigenvalue weighted by Crippen LogP contribution is -2.03. The fraction of sp³-hybridized carbons (Fsp3) is 0.300. The SMILES string of the molecule is COC(=O)c1ccnc(CCC=O)c1. The maximum Gasteiger partial charge on any atom is 0.337 e. The fourth-order valence-electron chi connectivity index (χ4n) is 1.07. The molecule has 4 nitrogen and oxygen atoms in total. The maximum absolute atomic E-state index is 11.1. The Hall–Kier alpha value is -1.71. The van der Waals surface area contributed by atoms with E-state index in [1.807, 2.05) is 0 Å². The van der Waals surface area contributed by atoms with Crippen LogP contribution >= 0.6 is 0 Å². The van der Waals surface area contributed by atoms with Gasteiger partial charge in [-0.1, -0.05) is 0 Å². The zero-order valence-corrected chi connectivity index (χ0v) is 7.90. The third-order valence-corrected chi connectivity index (χ3v) is 1.76. The van der Waals surface area contributed by atoms with Gasteiger partial charge in [-0.2, -0.15) is 0 Å². The lowest BCUT2D eigenvalue weighted by molar-refractivity contribution is -0.107. The van der Waals surface area contributed by atoms with Crippen LogP contribution in [0, 0.1) is 0 Å². The highest BCUT2D eigenvalue weighted by Gasteiger charge is 2.05. The van der Waals surface area contributed by atoms with Crippen molar-refractivity contribution in [1.29, 1.82) is 0 Å². The first-order valence-corrected chi connectivity index (χ1v) is 4.25. The van der Waals surface area contributed by atoms with Gasteiger partial charge < -0.3 is 9.53 Å². The van der Waals surface area contributed by atoms with Gasteiger partial charge in [-0.15, -0.1) is 0 Å². The Morgan fingerprint density at radius 2 is 2.43 bits per heavy atom. The quantitative estimate of drug-likeness (QED) is 0.528. The highest BCUT2D eigenvalue weighted by Crippen LogP contribution is 2.04. The van der Waals surface area contributed by atoms with E-state index in [2.05, 4.69) is 9.72 Å². The number of ether oxygens (including phenoxy) is 1. The molecular weight excluding hydrogens is 182 g/mol. The molecule has 0 saturated carbocycles. The maximum atomic E-state index is 11.1. The summed E-state index contributed by atoms with van der Waals surface area (Å²) in [6.07, 6.45) is 3.32. The topological polar surface area (TPSA) is 56.3 Å². The number of rotatable bonds is 4. The van der Waals surface area contributed by atoms with Crippen molar-refractivity contribution in [2.45, 2.75) is 12.8 Å². The first-order chi connectivity index (χ1) is 6.77. The molecule has 0 radical (unpaired) electrons. The number of carbonyl (C=O) groups is 2. The van der Waals surface area contributed by atoms with Crippen LogP contribution in [0.5, 0.6) is 0 Å². The standard InChI is InChI=1S/C10H11NO3/c1-14-10(13)8-4-5-11-9(7-8)3-2-6-12/h4-7H,2-3H2,1H3. The molecule has 0 aliphatic carbocycles. The van der Waals surface area contributed by atoms with Crippen molar-refractivity contribution in [3.05, 3.63) is 29.6 Å². The molecule has 0 aromatic carbocycles. The number of pyridine rings is 1. The van der Waals surface area contributed by atoms with Gasteiger partial charge in [-0.25, -0.2) is 4.79 Å². The number of hydrogen-bond donors (Lipinski definition) is 0. The third-order valence-electron chi connectivity index (χ3n) is 1.76. The summed E-state index contributed by atoms with van der Waals surface area (Å²) in [5, 5.41) is 0. The van der Waals surface area contributed by atoms with Gasteiger partial charge in [-0.3, -0.25) is 4.98 Å². The average molecular weight is 193 g/mol. The lowest BCUT2D eigenvalue weighted by Gasteiger charge is -2.00. The zero-order chi connectivity index (χ0) is 10.4. The Labute approximate surface area is 81.9 Å². The molecular formula is C10H11NO3. The summed E-state index contributed by atoms with van der Waals surface area (Å²) in [4.78, 5) is 25.3. The summed E-state index contributed by atoms with van der Waals surface area (Å²) >= 11 is 0. The fourth-order valence-corrected chi connectivity index (χ4v) is 1.07. The van der Waals surface area contributed by atoms with E-state index in [0.717, 1.165) is 12.0 Å². The molecule has 0 bridgehead atoms. The van der Waals surface area contributed by atoms with Gasteiger partial charge in [0.25, 0.3) is 0 Å². The molecule has 0 saturated heterocycles. The van der Waals surface area contributed by atoms with Crippen molar-refractivity contribution in [2.75, 3.05) is 7.11 Å². The Morgan fingerprint density at radius 3 is 3.07 bits per heavy atom. The largest absolute Gasteiger partial charge is 0.465 e. The second-order valence-electron chi connectivity index (χ2n) is 2.73. The van der Waals surface area contributed by atoms with Crippen LogP contribution in [0.15, 0.2) is 18.3 Å². The van der Waals surface area contributed by atoms with Gasteiger partial charge in [-0.05, 0) is 18.6 Å². The average Bonchev–Trinajstić information content (AvgIpc) is 2.25. The smallest absolute Gasteiger partial charge is 0.337 e. The van der Waals surface area contributed by atoms with E-state index < -0.39 is 0 Å². The number of carbonyl (C=O) groups excluding carboxylic acids is 2. The van der Waals surface area contributed by atoms with E-state index in [0.29, 0.717) is 18.4 Å². The van der Waals surface area contributed by atoms with Gasteiger partial charge in [0.1, 0.15) is 6.29 Å². The Balaban J connectivity index is 2.78. The first-order valence-electron chi connectivity index (χ1n) is 4.25. The first kappa shape index (κ1) is 10.4. The summed E-state index contributed by atoms with van der Waals surface area (Å²) in [5.74, 6) is -0.389. The summed E-state index contributed by atoms with van der Waals surface area (Å²) in [5.41, 5.74) is 1.18. The monoisotopic (exact) mass is 193 g/mol. The molecule has 14 heavy (non-hydrogen) atoms. The molecule has 0 atom stereocenters. The van der Waals surface area contributed by atoms with Crippen LogP contribution in [-0.2, 0) is 16.0 Å². The van der Waals surface area contributed by atoms with E-state index in [-0.39, 0.29) is 5.97 Å². The molecule has 1 aromatic heterocycles. The molecule has 0 aliphatic rings. The minimum atomic E-state index is -0.389. The highest BCUT2D eigenvalue weighted by atomic mass is 16.5. The Morgan fingerprint density at radius 1 is 1.64 bits per heavy atom. The summed E-state index contributed by atoms with van der Waals surface area (Å²) in [6.45, 7) is 0.